The van der Waals surface area contributed by atoms with Gasteiger partial charge in [-0.3, -0.25) is 5.84 Å². The fourth-order valence-electron chi connectivity index (χ4n) is 2.29. The minimum absolute atomic E-state index is 0.0140. The number of nitrogens with two attached hydrogens (primary N) is 1. The SMILES string of the molecule is CCn1ccnc1C(NN)C1CCC(C)O1. The molecule has 2 rings (SSSR count). The van der Waals surface area contributed by atoms with Gasteiger partial charge in [0.25, 0.3) is 0 Å². The number of nitrogens with one attached hydrogen (secondary N) is 1. The number of ether oxygens (including phenoxy) is 1. The molecule has 0 spiro atoms. The molecule has 0 bridgehead atoms. The van der Waals surface area contributed by atoms with E-state index in [1.54, 1.807) is 0 Å². The largest absolute Gasteiger partial charge is 0.373 e. The second-order valence-corrected chi connectivity index (χ2v) is 4.28. The Morgan fingerprint density at radius 3 is 3.06 bits per heavy atom. The van der Waals surface area contributed by atoms with E-state index in [1.807, 2.05) is 12.4 Å². The molecule has 5 heteroatoms. The van der Waals surface area contributed by atoms with Gasteiger partial charge in [0.1, 0.15) is 11.9 Å². The summed E-state index contributed by atoms with van der Waals surface area (Å²) >= 11 is 0. The third-order valence-corrected chi connectivity index (χ3v) is 3.18. The van der Waals surface area contributed by atoms with Gasteiger partial charge in [0, 0.05) is 18.9 Å². The van der Waals surface area contributed by atoms with Crippen molar-refractivity contribution in [3.63, 3.8) is 0 Å². The van der Waals surface area contributed by atoms with Crippen LogP contribution in [0.15, 0.2) is 12.4 Å². The van der Waals surface area contributed by atoms with Gasteiger partial charge in [0.05, 0.1) is 12.2 Å². The minimum Gasteiger partial charge on any atom is -0.373 e. The molecule has 16 heavy (non-hydrogen) atoms. The number of hydrogen-bond donors (Lipinski definition) is 2. The lowest BCUT2D eigenvalue weighted by Crippen LogP contribution is -2.38. The zero-order valence-electron chi connectivity index (χ0n) is 9.89. The molecule has 0 amide bonds. The Bertz CT molecular complexity index is 338. The van der Waals surface area contributed by atoms with Crippen LogP contribution in [0.3, 0.4) is 0 Å². The molecule has 1 aromatic heterocycles. The topological polar surface area (TPSA) is 65.1 Å². The van der Waals surface area contributed by atoms with Crippen molar-refractivity contribution in [1.29, 1.82) is 0 Å². The van der Waals surface area contributed by atoms with Crippen molar-refractivity contribution >= 4 is 0 Å². The number of hydrazine groups is 1. The number of rotatable bonds is 4. The highest BCUT2D eigenvalue weighted by atomic mass is 16.5. The Morgan fingerprint density at radius 1 is 1.69 bits per heavy atom. The monoisotopic (exact) mass is 224 g/mol. The number of imidazole rings is 1. The molecular formula is C11H20N4O. The van der Waals surface area contributed by atoms with E-state index in [9.17, 15) is 0 Å². The van der Waals surface area contributed by atoms with E-state index in [0.717, 1.165) is 25.2 Å². The molecule has 0 aromatic carbocycles. The Morgan fingerprint density at radius 2 is 2.50 bits per heavy atom. The Balaban J connectivity index is 2.16. The van der Waals surface area contributed by atoms with Crippen molar-refractivity contribution < 1.29 is 4.74 Å². The van der Waals surface area contributed by atoms with Crippen LogP contribution in [-0.2, 0) is 11.3 Å². The van der Waals surface area contributed by atoms with Crippen LogP contribution in [-0.4, -0.2) is 21.8 Å². The first kappa shape index (κ1) is 11.6. The molecule has 1 saturated heterocycles. The standard InChI is InChI=1S/C11H20N4O/c1-3-15-7-6-13-11(15)10(14-12)9-5-4-8(2)16-9/h6-10,14H,3-5,12H2,1-2H3. The van der Waals surface area contributed by atoms with Crippen molar-refractivity contribution in [2.75, 3.05) is 0 Å². The maximum Gasteiger partial charge on any atom is 0.129 e. The van der Waals surface area contributed by atoms with Crippen LogP contribution in [0.25, 0.3) is 0 Å². The van der Waals surface area contributed by atoms with Gasteiger partial charge in [-0.1, -0.05) is 0 Å². The number of hydrogen-bond acceptors (Lipinski definition) is 4. The first-order valence-corrected chi connectivity index (χ1v) is 5.88. The lowest BCUT2D eigenvalue weighted by Gasteiger charge is -2.22. The van der Waals surface area contributed by atoms with Gasteiger partial charge in [-0.2, -0.15) is 0 Å². The maximum atomic E-state index is 5.84. The predicted octanol–water partition coefficient (Wildman–Crippen LogP) is 0.975. The van der Waals surface area contributed by atoms with E-state index in [1.165, 1.54) is 0 Å². The van der Waals surface area contributed by atoms with Crippen LogP contribution >= 0.6 is 0 Å². The van der Waals surface area contributed by atoms with Gasteiger partial charge in [-0.25, -0.2) is 10.4 Å². The van der Waals surface area contributed by atoms with Crippen molar-refractivity contribution in [1.82, 2.24) is 15.0 Å². The molecule has 1 aliphatic rings. The lowest BCUT2D eigenvalue weighted by atomic mass is 10.1. The number of aryl methyl sites for hydroxylation is 1. The highest BCUT2D eigenvalue weighted by Gasteiger charge is 2.32. The predicted molar refractivity (Wildman–Crippen MR) is 61.5 cm³/mol. The third kappa shape index (κ3) is 2.11. The van der Waals surface area contributed by atoms with Gasteiger partial charge >= 0.3 is 0 Å². The highest BCUT2D eigenvalue weighted by Crippen LogP contribution is 2.28. The quantitative estimate of drug-likeness (QED) is 0.591. The smallest absolute Gasteiger partial charge is 0.129 e. The molecule has 1 aromatic rings. The molecule has 2 heterocycles. The lowest BCUT2D eigenvalue weighted by molar-refractivity contribution is 0.0289. The summed E-state index contributed by atoms with van der Waals surface area (Å²) in [6, 6.07) is -0.0140. The summed E-state index contributed by atoms with van der Waals surface area (Å²) < 4.78 is 7.94. The Hall–Kier alpha value is -0.910. The van der Waals surface area contributed by atoms with Crippen LogP contribution in [0.2, 0.25) is 0 Å². The molecule has 90 valence electrons. The molecule has 0 saturated carbocycles. The number of aromatic nitrogens is 2. The van der Waals surface area contributed by atoms with E-state index >= 15 is 0 Å². The fourth-order valence-corrected chi connectivity index (χ4v) is 2.29. The van der Waals surface area contributed by atoms with Gasteiger partial charge in [-0.05, 0) is 26.7 Å². The van der Waals surface area contributed by atoms with Gasteiger partial charge in [0.2, 0.25) is 0 Å². The van der Waals surface area contributed by atoms with Crippen LogP contribution in [0.5, 0.6) is 0 Å². The normalized spacial score (nSPS) is 27.2. The van der Waals surface area contributed by atoms with Crippen LogP contribution < -0.4 is 11.3 Å². The van der Waals surface area contributed by atoms with Gasteiger partial charge in [0.15, 0.2) is 0 Å². The second-order valence-electron chi connectivity index (χ2n) is 4.28. The van der Waals surface area contributed by atoms with E-state index in [2.05, 4.69) is 28.8 Å². The Labute approximate surface area is 96.0 Å². The Kier molecular flexibility index (Phi) is 3.58. The minimum atomic E-state index is -0.0140. The van der Waals surface area contributed by atoms with E-state index in [4.69, 9.17) is 10.6 Å². The van der Waals surface area contributed by atoms with Gasteiger partial charge < -0.3 is 9.30 Å². The summed E-state index contributed by atoms with van der Waals surface area (Å²) in [6.45, 7) is 5.09. The fraction of sp³-hybridized carbons (Fsp3) is 0.727. The molecule has 0 radical (unpaired) electrons. The second kappa shape index (κ2) is 4.95. The average Bonchev–Trinajstić information content (AvgIpc) is 2.89. The molecule has 0 aliphatic carbocycles. The molecule has 3 N–H and O–H groups in total. The summed E-state index contributed by atoms with van der Waals surface area (Å²) in [5.41, 5.74) is 2.83. The summed E-state index contributed by atoms with van der Waals surface area (Å²) in [4.78, 5) is 4.37. The van der Waals surface area contributed by atoms with Gasteiger partial charge in [-0.15, -0.1) is 0 Å². The van der Waals surface area contributed by atoms with Crippen molar-refractivity contribution in [3.05, 3.63) is 18.2 Å². The summed E-state index contributed by atoms with van der Waals surface area (Å²) in [5.74, 6) is 6.59. The van der Waals surface area contributed by atoms with Crippen molar-refractivity contribution in [3.8, 4) is 0 Å². The first-order valence-electron chi connectivity index (χ1n) is 5.88. The van der Waals surface area contributed by atoms with E-state index in [-0.39, 0.29) is 12.1 Å². The first-order chi connectivity index (χ1) is 7.76. The van der Waals surface area contributed by atoms with Crippen molar-refractivity contribution in [2.24, 2.45) is 5.84 Å². The molecule has 1 fully saturated rings. The average molecular weight is 224 g/mol. The zero-order chi connectivity index (χ0) is 11.5. The maximum absolute atomic E-state index is 5.84. The summed E-state index contributed by atoms with van der Waals surface area (Å²) in [5, 5.41) is 0. The third-order valence-electron chi connectivity index (χ3n) is 3.18. The molecule has 3 unspecified atom stereocenters. The van der Waals surface area contributed by atoms with E-state index < -0.39 is 0 Å². The summed E-state index contributed by atoms with van der Waals surface area (Å²) in [6.07, 6.45) is 6.36. The number of nitrogens with zero attached hydrogens (tertiary/aromatic N) is 2. The molecular weight excluding hydrogens is 204 g/mol. The van der Waals surface area contributed by atoms with E-state index in [0.29, 0.717) is 6.10 Å². The van der Waals surface area contributed by atoms with Crippen molar-refractivity contribution in [2.45, 2.75) is 51.5 Å². The summed E-state index contributed by atoms with van der Waals surface area (Å²) in [7, 11) is 0. The van der Waals surface area contributed by atoms with Crippen LogP contribution in [0.4, 0.5) is 0 Å². The zero-order valence-corrected chi connectivity index (χ0v) is 9.89. The van der Waals surface area contributed by atoms with Crippen LogP contribution in [0, 0.1) is 0 Å². The highest BCUT2D eigenvalue weighted by molar-refractivity contribution is 5.03. The molecule has 5 nitrogen and oxygen atoms in total. The molecule has 3 atom stereocenters. The van der Waals surface area contributed by atoms with Crippen LogP contribution in [0.1, 0.15) is 38.6 Å². The molecule has 1 aliphatic heterocycles.